The first-order valence-electron chi connectivity index (χ1n) is 6.79. The lowest BCUT2D eigenvalue weighted by Gasteiger charge is -2.57. The molecule has 4 aliphatic carbocycles. The van der Waals surface area contributed by atoms with Gasteiger partial charge in [0.1, 0.15) is 0 Å². The number of carboxylic acids is 1. The maximum Gasteiger partial charge on any atom is 0.306 e. The fourth-order valence-electron chi connectivity index (χ4n) is 5.28. The van der Waals surface area contributed by atoms with Gasteiger partial charge in [-0.3, -0.25) is 4.79 Å². The summed E-state index contributed by atoms with van der Waals surface area (Å²) >= 11 is 0. The molecule has 0 aromatic heterocycles. The minimum Gasteiger partial charge on any atom is -0.481 e. The molecule has 4 rings (SSSR count). The summed E-state index contributed by atoms with van der Waals surface area (Å²) in [6, 6.07) is 0. The van der Waals surface area contributed by atoms with Crippen molar-refractivity contribution in [2.45, 2.75) is 51.9 Å². The van der Waals surface area contributed by atoms with Gasteiger partial charge in [-0.1, -0.05) is 6.92 Å². The van der Waals surface area contributed by atoms with E-state index in [4.69, 9.17) is 5.11 Å². The third-order valence-electron chi connectivity index (χ3n) is 5.33. The molecule has 0 spiro atoms. The lowest BCUT2D eigenvalue weighted by molar-refractivity contribution is -0.144. The molecule has 1 unspecified atom stereocenters. The lowest BCUT2D eigenvalue weighted by atomic mass is 9.48. The Kier molecular flexibility index (Phi) is 2.31. The van der Waals surface area contributed by atoms with E-state index in [-0.39, 0.29) is 5.92 Å². The Bertz CT molecular complexity index is 273. The van der Waals surface area contributed by atoms with Gasteiger partial charge in [-0.25, -0.2) is 0 Å². The molecule has 4 aliphatic rings. The molecule has 2 nitrogen and oxygen atoms in total. The molecule has 16 heavy (non-hydrogen) atoms. The van der Waals surface area contributed by atoms with E-state index in [1.54, 1.807) is 0 Å². The summed E-state index contributed by atoms with van der Waals surface area (Å²) in [6.45, 7) is 1.89. The maximum absolute atomic E-state index is 11.0. The van der Waals surface area contributed by atoms with E-state index < -0.39 is 5.97 Å². The van der Waals surface area contributed by atoms with Gasteiger partial charge in [-0.05, 0) is 68.1 Å². The fourth-order valence-corrected chi connectivity index (χ4v) is 5.28. The van der Waals surface area contributed by atoms with E-state index in [9.17, 15) is 4.79 Å². The predicted octanol–water partition coefficient (Wildman–Crippen LogP) is 3.31. The Morgan fingerprint density at radius 1 is 1.19 bits per heavy atom. The molecule has 4 bridgehead atoms. The highest BCUT2D eigenvalue weighted by molar-refractivity contribution is 5.69. The summed E-state index contributed by atoms with van der Waals surface area (Å²) in [4.78, 5) is 11.0. The number of rotatable bonds is 3. The molecular formula is C14H22O2. The Balaban J connectivity index is 1.76. The zero-order valence-electron chi connectivity index (χ0n) is 10.1. The molecular weight excluding hydrogens is 200 g/mol. The summed E-state index contributed by atoms with van der Waals surface area (Å²) in [5.41, 5.74) is 0.423. The number of carboxylic acid groups (broad SMARTS) is 1. The zero-order valence-corrected chi connectivity index (χ0v) is 10.1. The summed E-state index contributed by atoms with van der Waals surface area (Å²) in [6.07, 6.45) is 9.26. The van der Waals surface area contributed by atoms with Crippen molar-refractivity contribution in [3.05, 3.63) is 0 Å². The second-order valence-corrected chi connectivity index (χ2v) is 6.86. The molecule has 1 atom stereocenters. The molecule has 2 heteroatoms. The molecule has 0 aliphatic heterocycles. The molecule has 0 amide bonds. The summed E-state index contributed by atoms with van der Waals surface area (Å²) in [5.74, 6) is 2.07. The van der Waals surface area contributed by atoms with E-state index in [0.717, 1.165) is 24.2 Å². The quantitative estimate of drug-likeness (QED) is 0.795. The molecule has 4 saturated carbocycles. The number of hydrogen-bond acceptors (Lipinski definition) is 1. The van der Waals surface area contributed by atoms with Crippen molar-refractivity contribution < 1.29 is 9.90 Å². The second-order valence-electron chi connectivity index (χ2n) is 6.86. The van der Waals surface area contributed by atoms with E-state index in [0.29, 0.717) is 5.41 Å². The first kappa shape index (κ1) is 10.6. The van der Waals surface area contributed by atoms with Crippen LogP contribution >= 0.6 is 0 Å². The van der Waals surface area contributed by atoms with Crippen LogP contribution in [-0.2, 0) is 4.79 Å². The largest absolute Gasteiger partial charge is 0.481 e. The van der Waals surface area contributed by atoms with E-state index in [1.807, 2.05) is 6.92 Å². The molecule has 0 aromatic carbocycles. The van der Waals surface area contributed by atoms with Crippen LogP contribution in [0.25, 0.3) is 0 Å². The average Bonchev–Trinajstić information content (AvgIpc) is 2.13. The molecule has 90 valence electrons. The molecule has 0 saturated heterocycles. The fraction of sp³-hybridized carbons (Fsp3) is 0.929. The number of carbonyl (C=O) groups is 1. The van der Waals surface area contributed by atoms with Crippen molar-refractivity contribution in [2.24, 2.45) is 29.1 Å². The normalized spacial score (nSPS) is 46.9. The van der Waals surface area contributed by atoms with Crippen LogP contribution in [0, 0.1) is 29.1 Å². The first-order chi connectivity index (χ1) is 7.56. The molecule has 0 aromatic rings. The van der Waals surface area contributed by atoms with Gasteiger partial charge >= 0.3 is 5.97 Å². The Morgan fingerprint density at radius 2 is 1.62 bits per heavy atom. The van der Waals surface area contributed by atoms with E-state index in [2.05, 4.69) is 0 Å². The standard InChI is InChI=1S/C14H22O2/c1-9(13(15)16)5-14-6-10-2-11(7-14)4-12(3-10)8-14/h9-12H,2-8H2,1H3,(H,15,16). The third-order valence-corrected chi connectivity index (χ3v) is 5.33. The van der Waals surface area contributed by atoms with Gasteiger partial charge in [0.2, 0.25) is 0 Å². The van der Waals surface area contributed by atoms with Crippen LogP contribution in [0.15, 0.2) is 0 Å². The van der Waals surface area contributed by atoms with Crippen molar-refractivity contribution in [2.75, 3.05) is 0 Å². The van der Waals surface area contributed by atoms with Gasteiger partial charge in [0.15, 0.2) is 0 Å². The SMILES string of the molecule is CC(CC12CC3CC(CC(C3)C1)C2)C(=O)O. The molecule has 1 N–H and O–H groups in total. The smallest absolute Gasteiger partial charge is 0.306 e. The van der Waals surface area contributed by atoms with Crippen molar-refractivity contribution in [3.63, 3.8) is 0 Å². The van der Waals surface area contributed by atoms with Gasteiger partial charge in [0, 0.05) is 0 Å². The monoisotopic (exact) mass is 222 g/mol. The topological polar surface area (TPSA) is 37.3 Å². The minimum absolute atomic E-state index is 0.142. The Morgan fingerprint density at radius 3 is 2.00 bits per heavy atom. The van der Waals surface area contributed by atoms with Crippen LogP contribution in [0.4, 0.5) is 0 Å². The van der Waals surface area contributed by atoms with Crippen molar-refractivity contribution in [1.29, 1.82) is 0 Å². The minimum atomic E-state index is -0.601. The second kappa shape index (κ2) is 3.48. The summed E-state index contributed by atoms with van der Waals surface area (Å²) in [7, 11) is 0. The highest BCUT2D eigenvalue weighted by Crippen LogP contribution is 2.61. The molecule has 4 fully saturated rings. The predicted molar refractivity (Wildman–Crippen MR) is 62.0 cm³/mol. The van der Waals surface area contributed by atoms with Crippen LogP contribution in [0.2, 0.25) is 0 Å². The van der Waals surface area contributed by atoms with Crippen LogP contribution in [0.3, 0.4) is 0 Å². The highest BCUT2D eigenvalue weighted by atomic mass is 16.4. The molecule has 0 radical (unpaired) electrons. The average molecular weight is 222 g/mol. The van der Waals surface area contributed by atoms with Gasteiger partial charge in [-0.15, -0.1) is 0 Å². The summed E-state index contributed by atoms with van der Waals surface area (Å²) < 4.78 is 0. The van der Waals surface area contributed by atoms with Crippen LogP contribution in [0.1, 0.15) is 51.9 Å². The number of hydrogen-bond donors (Lipinski definition) is 1. The van der Waals surface area contributed by atoms with Gasteiger partial charge in [0.25, 0.3) is 0 Å². The highest BCUT2D eigenvalue weighted by Gasteiger charge is 2.51. The Labute approximate surface area is 97.4 Å². The zero-order chi connectivity index (χ0) is 11.3. The van der Waals surface area contributed by atoms with Crippen LogP contribution in [0.5, 0.6) is 0 Å². The van der Waals surface area contributed by atoms with Gasteiger partial charge in [-0.2, -0.15) is 0 Å². The Hall–Kier alpha value is -0.530. The first-order valence-corrected chi connectivity index (χ1v) is 6.79. The van der Waals surface area contributed by atoms with Gasteiger partial charge in [0.05, 0.1) is 5.92 Å². The van der Waals surface area contributed by atoms with Gasteiger partial charge < -0.3 is 5.11 Å². The van der Waals surface area contributed by atoms with Crippen LogP contribution < -0.4 is 0 Å². The van der Waals surface area contributed by atoms with Crippen molar-refractivity contribution >= 4 is 5.97 Å². The molecule has 0 heterocycles. The van der Waals surface area contributed by atoms with Crippen molar-refractivity contribution in [1.82, 2.24) is 0 Å². The third kappa shape index (κ3) is 1.66. The number of aliphatic carboxylic acids is 1. The van der Waals surface area contributed by atoms with Crippen molar-refractivity contribution in [3.8, 4) is 0 Å². The maximum atomic E-state index is 11.0. The van der Waals surface area contributed by atoms with E-state index >= 15 is 0 Å². The lowest BCUT2D eigenvalue weighted by Crippen LogP contribution is -2.47. The van der Waals surface area contributed by atoms with Crippen LogP contribution in [-0.4, -0.2) is 11.1 Å². The van der Waals surface area contributed by atoms with E-state index in [1.165, 1.54) is 38.5 Å². The summed E-state index contributed by atoms with van der Waals surface area (Å²) in [5, 5.41) is 9.08.